The van der Waals surface area contributed by atoms with E-state index in [1.54, 1.807) is 14.2 Å². The first-order valence-corrected chi connectivity index (χ1v) is 6.47. The van der Waals surface area contributed by atoms with E-state index in [2.05, 4.69) is 0 Å². The van der Waals surface area contributed by atoms with Crippen molar-refractivity contribution in [1.29, 1.82) is 0 Å². The first-order chi connectivity index (χ1) is 8.99. The van der Waals surface area contributed by atoms with E-state index < -0.39 is 0 Å². The molecule has 1 aliphatic rings. The molecule has 1 aromatic rings. The Morgan fingerprint density at radius 1 is 1.16 bits per heavy atom. The van der Waals surface area contributed by atoms with Gasteiger partial charge in [-0.3, -0.25) is 4.79 Å². The van der Waals surface area contributed by atoms with Crippen molar-refractivity contribution in [3.8, 4) is 11.5 Å². The number of allylic oxidation sites excluding steroid dienone is 2. The normalized spacial score (nSPS) is 17.9. The molecule has 0 bridgehead atoms. The Labute approximate surface area is 114 Å². The summed E-state index contributed by atoms with van der Waals surface area (Å²) in [5.41, 5.74) is 1.25. The Balaban J connectivity index is 2.51. The smallest absolute Gasteiger partial charge is 0.168 e. The lowest BCUT2D eigenvalue weighted by molar-refractivity contribution is -0.121. The van der Waals surface area contributed by atoms with Crippen LogP contribution < -0.4 is 9.47 Å². The number of hydrogen-bond donors (Lipinski definition) is 0. The van der Waals surface area contributed by atoms with E-state index in [4.69, 9.17) is 9.47 Å². The topological polar surface area (TPSA) is 35.5 Å². The molecule has 3 nitrogen and oxygen atoms in total. The van der Waals surface area contributed by atoms with E-state index in [9.17, 15) is 4.79 Å². The van der Waals surface area contributed by atoms with Crippen molar-refractivity contribution < 1.29 is 14.3 Å². The molecule has 0 aromatic heterocycles. The van der Waals surface area contributed by atoms with Crippen molar-refractivity contribution in [2.45, 2.75) is 26.7 Å². The molecular formula is C16H20O3. The molecule has 2 rings (SSSR count). The van der Waals surface area contributed by atoms with Crippen LogP contribution in [0.1, 0.15) is 32.3 Å². The summed E-state index contributed by atoms with van der Waals surface area (Å²) in [4.78, 5) is 12.6. The highest BCUT2D eigenvalue weighted by molar-refractivity contribution is 6.24. The predicted molar refractivity (Wildman–Crippen MR) is 75.5 cm³/mol. The molecular weight excluding hydrogens is 240 g/mol. The van der Waals surface area contributed by atoms with E-state index in [0.29, 0.717) is 5.75 Å². The summed E-state index contributed by atoms with van der Waals surface area (Å²) in [6.45, 7) is 3.99. The van der Waals surface area contributed by atoms with Crippen LogP contribution in [0.3, 0.4) is 0 Å². The van der Waals surface area contributed by atoms with Gasteiger partial charge in [-0.15, -0.1) is 0 Å². The van der Waals surface area contributed by atoms with Crippen molar-refractivity contribution >= 4 is 11.4 Å². The molecule has 102 valence electrons. The average Bonchev–Trinajstić information content (AvgIpc) is 2.41. The summed E-state index contributed by atoms with van der Waals surface area (Å²) in [5, 5.41) is 0. The lowest BCUT2D eigenvalue weighted by Crippen LogP contribution is -2.28. The standard InChI is InChI=1S/C16H20O3/c1-16(2)9-5-6-12(15(16)17)13-10-11(18-3)7-8-14(13)19-4/h6-8,10H,5,9H2,1-4H3. The third kappa shape index (κ3) is 2.50. The van der Waals surface area contributed by atoms with Crippen LogP contribution in [-0.4, -0.2) is 20.0 Å². The van der Waals surface area contributed by atoms with Crippen LogP contribution in [0.15, 0.2) is 24.3 Å². The quantitative estimate of drug-likeness (QED) is 0.834. The van der Waals surface area contributed by atoms with E-state index in [0.717, 1.165) is 29.7 Å². The lowest BCUT2D eigenvalue weighted by Gasteiger charge is -2.28. The molecule has 1 aliphatic carbocycles. The molecule has 0 N–H and O–H groups in total. The van der Waals surface area contributed by atoms with Gasteiger partial charge in [-0.05, 0) is 31.0 Å². The second kappa shape index (κ2) is 5.08. The first kappa shape index (κ1) is 13.7. The number of methoxy groups -OCH3 is 2. The SMILES string of the molecule is COc1ccc(OC)c(C2=CCCC(C)(C)C2=O)c1. The molecule has 0 fully saturated rings. The molecule has 0 unspecified atom stereocenters. The Hall–Kier alpha value is -1.77. The van der Waals surface area contributed by atoms with Gasteiger partial charge >= 0.3 is 0 Å². The molecule has 1 aromatic carbocycles. The van der Waals surface area contributed by atoms with Gasteiger partial charge in [0, 0.05) is 16.6 Å². The summed E-state index contributed by atoms with van der Waals surface area (Å²) >= 11 is 0. The van der Waals surface area contributed by atoms with Crippen LogP contribution >= 0.6 is 0 Å². The highest BCUT2D eigenvalue weighted by atomic mass is 16.5. The predicted octanol–water partition coefficient (Wildman–Crippen LogP) is 3.48. The van der Waals surface area contributed by atoms with Crippen LogP contribution in [0.4, 0.5) is 0 Å². The van der Waals surface area contributed by atoms with Crippen LogP contribution in [0.5, 0.6) is 11.5 Å². The van der Waals surface area contributed by atoms with Gasteiger partial charge < -0.3 is 9.47 Å². The minimum absolute atomic E-state index is 0.172. The van der Waals surface area contributed by atoms with E-state index in [-0.39, 0.29) is 11.2 Å². The summed E-state index contributed by atoms with van der Waals surface area (Å²) in [6, 6.07) is 5.54. The summed E-state index contributed by atoms with van der Waals surface area (Å²) < 4.78 is 10.6. The van der Waals surface area contributed by atoms with Gasteiger partial charge in [0.15, 0.2) is 5.78 Å². The zero-order valence-electron chi connectivity index (χ0n) is 11.9. The van der Waals surface area contributed by atoms with E-state index >= 15 is 0 Å². The molecule has 0 saturated heterocycles. The number of hydrogen-bond acceptors (Lipinski definition) is 3. The average molecular weight is 260 g/mol. The Kier molecular flexibility index (Phi) is 3.65. The third-order valence-corrected chi connectivity index (χ3v) is 3.67. The van der Waals surface area contributed by atoms with Crippen molar-refractivity contribution in [2.24, 2.45) is 5.41 Å². The zero-order valence-corrected chi connectivity index (χ0v) is 11.9. The first-order valence-electron chi connectivity index (χ1n) is 6.47. The number of rotatable bonds is 3. The van der Waals surface area contributed by atoms with E-state index in [1.807, 2.05) is 38.1 Å². The molecule has 0 spiro atoms. The fourth-order valence-electron chi connectivity index (χ4n) is 2.40. The number of Topliss-reactive ketones (excluding diaryl/α,β-unsaturated/α-hetero) is 1. The van der Waals surface area contributed by atoms with Crippen molar-refractivity contribution in [1.82, 2.24) is 0 Å². The molecule has 0 aliphatic heterocycles. The summed E-state index contributed by atoms with van der Waals surface area (Å²) in [7, 11) is 3.23. The lowest BCUT2D eigenvalue weighted by atomic mass is 9.74. The van der Waals surface area contributed by atoms with Crippen molar-refractivity contribution in [3.63, 3.8) is 0 Å². The Morgan fingerprint density at radius 2 is 1.89 bits per heavy atom. The highest BCUT2D eigenvalue weighted by Crippen LogP contribution is 2.40. The van der Waals surface area contributed by atoms with Crippen LogP contribution in [-0.2, 0) is 4.79 Å². The van der Waals surface area contributed by atoms with Gasteiger partial charge in [0.05, 0.1) is 14.2 Å². The number of ether oxygens (including phenoxy) is 2. The van der Waals surface area contributed by atoms with Crippen LogP contribution in [0.25, 0.3) is 5.57 Å². The number of carbonyl (C=O) groups is 1. The fraction of sp³-hybridized carbons (Fsp3) is 0.438. The van der Waals surface area contributed by atoms with Gasteiger partial charge in [-0.2, -0.15) is 0 Å². The Morgan fingerprint density at radius 3 is 2.53 bits per heavy atom. The molecule has 0 radical (unpaired) electrons. The maximum absolute atomic E-state index is 12.6. The highest BCUT2D eigenvalue weighted by Gasteiger charge is 2.34. The maximum Gasteiger partial charge on any atom is 0.168 e. The van der Waals surface area contributed by atoms with Crippen molar-refractivity contribution in [3.05, 3.63) is 29.8 Å². The second-order valence-electron chi connectivity index (χ2n) is 5.44. The summed E-state index contributed by atoms with van der Waals surface area (Å²) in [6.07, 6.45) is 3.81. The third-order valence-electron chi connectivity index (χ3n) is 3.67. The van der Waals surface area contributed by atoms with Crippen LogP contribution in [0, 0.1) is 5.41 Å². The summed E-state index contributed by atoms with van der Waals surface area (Å²) in [5.74, 6) is 1.61. The molecule has 0 heterocycles. The molecule has 0 saturated carbocycles. The van der Waals surface area contributed by atoms with Gasteiger partial charge in [0.2, 0.25) is 0 Å². The molecule has 3 heteroatoms. The second-order valence-corrected chi connectivity index (χ2v) is 5.44. The number of benzene rings is 1. The maximum atomic E-state index is 12.6. The minimum atomic E-state index is -0.307. The van der Waals surface area contributed by atoms with Crippen molar-refractivity contribution in [2.75, 3.05) is 14.2 Å². The van der Waals surface area contributed by atoms with Crippen LogP contribution in [0.2, 0.25) is 0 Å². The van der Waals surface area contributed by atoms with E-state index in [1.165, 1.54) is 0 Å². The minimum Gasteiger partial charge on any atom is -0.497 e. The molecule has 19 heavy (non-hydrogen) atoms. The Bertz CT molecular complexity index is 527. The number of carbonyl (C=O) groups excluding carboxylic acids is 1. The number of ketones is 1. The van der Waals surface area contributed by atoms with Gasteiger partial charge in [0.1, 0.15) is 11.5 Å². The van der Waals surface area contributed by atoms with Gasteiger partial charge in [-0.25, -0.2) is 0 Å². The zero-order chi connectivity index (χ0) is 14.0. The monoisotopic (exact) mass is 260 g/mol. The molecule has 0 atom stereocenters. The largest absolute Gasteiger partial charge is 0.497 e. The fourth-order valence-corrected chi connectivity index (χ4v) is 2.40. The van der Waals surface area contributed by atoms with Gasteiger partial charge in [-0.1, -0.05) is 19.9 Å². The van der Waals surface area contributed by atoms with Gasteiger partial charge in [0.25, 0.3) is 0 Å². The molecule has 0 amide bonds.